The lowest BCUT2D eigenvalue weighted by atomic mass is 10.0. The van der Waals surface area contributed by atoms with Crippen molar-refractivity contribution in [2.24, 2.45) is 0 Å². The van der Waals surface area contributed by atoms with Crippen LogP contribution in [0.1, 0.15) is 152 Å². The summed E-state index contributed by atoms with van der Waals surface area (Å²) in [4.78, 5) is 4.85. The Kier molecular flexibility index (Phi) is 17.6. The van der Waals surface area contributed by atoms with Crippen molar-refractivity contribution in [1.82, 2.24) is 8.75 Å². The second-order valence-corrected chi connectivity index (χ2v) is 16.3. The molecule has 1 aromatic carbocycles. The molecule has 0 unspecified atom stereocenters. The van der Waals surface area contributed by atoms with Crippen molar-refractivity contribution >= 4 is 45.4 Å². The van der Waals surface area contributed by atoms with Crippen molar-refractivity contribution in [3.8, 4) is 32.4 Å². The van der Waals surface area contributed by atoms with E-state index in [1.807, 2.05) is 0 Å². The van der Waals surface area contributed by atoms with Gasteiger partial charge < -0.3 is 9.47 Å². The Morgan fingerprint density at radius 1 is 0.489 bits per heavy atom. The van der Waals surface area contributed by atoms with Crippen LogP contribution < -0.4 is 9.47 Å². The average molecular weight is 697 g/mol. The van der Waals surface area contributed by atoms with Gasteiger partial charge in [0.15, 0.2) is 0 Å². The van der Waals surface area contributed by atoms with Crippen molar-refractivity contribution in [3.63, 3.8) is 0 Å². The van der Waals surface area contributed by atoms with Gasteiger partial charge in [-0.15, -0.1) is 22.7 Å². The Bertz CT molecular complexity index is 1320. The molecule has 4 rings (SSSR count). The summed E-state index contributed by atoms with van der Waals surface area (Å²) in [6.45, 7) is 10.4. The maximum atomic E-state index is 6.40. The Hall–Kier alpha value is -1.96. The first-order chi connectivity index (χ1) is 23.1. The number of aromatic nitrogens is 2. The van der Waals surface area contributed by atoms with Crippen LogP contribution in [-0.2, 0) is 0 Å². The largest absolute Gasteiger partial charge is 0.492 e. The van der Waals surface area contributed by atoms with E-state index in [9.17, 15) is 0 Å². The van der Waals surface area contributed by atoms with Gasteiger partial charge in [-0.2, -0.15) is 8.75 Å². The number of aryl methyl sites for hydroxylation is 2. The smallest absolute Gasteiger partial charge is 0.138 e. The lowest BCUT2D eigenvalue weighted by molar-refractivity contribution is 0.306. The molecular formula is C40H60N2O2S3. The fourth-order valence-corrected chi connectivity index (χ4v) is 8.88. The molecule has 260 valence electrons. The summed E-state index contributed by atoms with van der Waals surface area (Å²) in [7, 11) is 0. The van der Waals surface area contributed by atoms with E-state index in [4.69, 9.17) is 18.2 Å². The van der Waals surface area contributed by atoms with E-state index in [0.29, 0.717) is 0 Å². The van der Waals surface area contributed by atoms with Gasteiger partial charge in [-0.25, -0.2) is 0 Å². The number of fused-ring (bicyclic) bond motifs is 1. The van der Waals surface area contributed by atoms with Crippen molar-refractivity contribution in [2.45, 2.75) is 156 Å². The highest BCUT2D eigenvalue weighted by Crippen LogP contribution is 2.46. The van der Waals surface area contributed by atoms with Crippen LogP contribution in [-0.4, -0.2) is 22.0 Å². The van der Waals surface area contributed by atoms with Gasteiger partial charge in [0.25, 0.3) is 0 Å². The van der Waals surface area contributed by atoms with Gasteiger partial charge in [0.2, 0.25) is 0 Å². The molecule has 4 nitrogen and oxygen atoms in total. The molecule has 0 atom stereocenters. The number of ether oxygens (including phenoxy) is 2. The lowest BCUT2D eigenvalue weighted by Crippen LogP contribution is -1.98. The molecule has 0 fully saturated rings. The third kappa shape index (κ3) is 12.5. The van der Waals surface area contributed by atoms with Crippen molar-refractivity contribution in [1.29, 1.82) is 0 Å². The number of nitrogens with zero attached hydrogens (tertiary/aromatic N) is 2. The van der Waals surface area contributed by atoms with E-state index >= 15 is 0 Å². The summed E-state index contributed by atoms with van der Waals surface area (Å²) in [5, 5.41) is 0. The highest BCUT2D eigenvalue weighted by Gasteiger charge is 2.21. The average Bonchev–Trinajstić information content (AvgIpc) is 3.80. The molecule has 0 aliphatic heterocycles. The molecule has 0 spiro atoms. The van der Waals surface area contributed by atoms with E-state index in [2.05, 4.69) is 52.0 Å². The van der Waals surface area contributed by atoms with Gasteiger partial charge in [0.1, 0.15) is 22.5 Å². The van der Waals surface area contributed by atoms with Crippen LogP contribution in [0.15, 0.2) is 24.3 Å². The van der Waals surface area contributed by atoms with E-state index in [1.54, 1.807) is 22.7 Å². The fraction of sp³-hybridized carbons (Fsp3) is 0.650. The van der Waals surface area contributed by atoms with E-state index in [1.165, 1.54) is 147 Å². The van der Waals surface area contributed by atoms with Crippen LogP contribution in [0.4, 0.5) is 0 Å². The number of hydrogen-bond donors (Lipinski definition) is 0. The number of thiophene rings is 2. The third-order valence-electron chi connectivity index (χ3n) is 9.06. The molecule has 0 saturated heterocycles. The van der Waals surface area contributed by atoms with E-state index in [0.717, 1.165) is 59.7 Å². The molecular weight excluding hydrogens is 637 g/mol. The SMILES string of the molecule is CCCCCCCCCCCCOc1cc(C)sc1-c1ccc(-c2sc(C)cc2OCCCCCCCCCCCC)c2nsnc12. The van der Waals surface area contributed by atoms with Gasteiger partial charge >= 0.3 is 0 Å². The number of hydrogen-bond acceptors (Lipinski definition) is 7. The molecule has 0 saturated carbocycles. The monoisotopic (exact) mass is 696 g/mol. The molecule has 0 bridgehead atoms. The summed E-state index contributed by atoms with van der Waals surface area (Å²) in [6.07, 6.45) is 26.6. The molecule has 0 N–H and O–H groups in total. The molecule has 0 aliphatic rings. The lowest BCUT2D eigenvalue weighted by Gasteiger charge is -2.10. The van der Waals surface area contributed by atoms with Crippen LogP contribution in [0.25, 0.3) is 31.9 Å². The highest BCUT2D eigenvalue weighted by atomic mass is 32.1. The second kappa shape index (κ2) is 21.9. The first-order valence-corrected chi connectivity index (χ1v) is 21.2. The molecule has 4 aromatic rings. The van der Waals surface area contributed by atoms with Crippen molar-refractivity contribution < 1.29 is 9.47 Å². The summed E-state index contributed by atoms with van der Waals surface area (Å²) in [6, 6.07) is 8.83. The minimum atomic E-state index is 0.768. The molecule has 0 radical (unpaired) electrons. The Labute approximate surface area is 298 Å². The third-order valence-corrected chi connectivity index (χ3v) is 11.7. The van der Waals surface area contributed by atoms with E-state index in [-0.39, 0.29) is 0 Å². The van der Waals surface area contributed by atoms with Crippen LogP contribution in [0, 0.1) is 13.8 Å². The van der Waals surface area contributed by atoms with E-state index < -0.39 is 0 Å². The molecule has 0 amide bonds. The molecule has 47 heavy (non-hydrogen) atoms. The van der Waals surface area contributed by atoms with Crippen molar-refractivity contribution in [3.05, 3.63) is 34.0 Å². The summed E-state index contributed by atoms with van der Waals surface area (Å²) in [5.41, 5.74) is 4.17. The molecule has 0 aliphatic carbocycles. The first-order valence-electron chi connectivity index (χ1n) is 18.8. The van der Waals surface area contributed by atoms with Gasteiger partial charge in [-0.05, 0) is 38.8 Å². The Morgan fingerprint density at radius 3 is 1.19 bits per heavy atom. The Balaban J connectivity index is 1.29. The highest BCUT2D eigenvalue weighted by molar-refractivity contribution is 7.16. The molecule has 3 heterocycles. The summed E-state index contributed by atoms with van der Waals surface area (Å²) >= 11 is 4.88. The summed E-state index contributed by atoms with van der Waals surface area (Å²) < 4.78 is 22.4. The maximum Gasteiger partial charge on any atom is 0.138 e. The minimum absolute atomic E-state index is 0.768. The summed E-state index contributed by atoms with van der Waals surface area (Å²) in [5.74, 6) is 1.97. The van der Waals surface area contributed by atoms with Crippen LogP contribution in [0.3, 0.4) is 0 Å². The second-order valence-electron chi connectivity index (χ2n) is 13.3. The van der Waals surface area contributed by atoms with Crippen LogP contribution in [0.2, 0.25) is 0 Å². The van der Waals surface area contributed by atoms with Gasteiger partial charge in [-0.3, -0.25) is 0 Å². The Morgan fingerprint density at radius 2 is 0.830 bits per heavy atom. The number of unbranched alkanes of at least 4 members (excludes halogenated alkanes) is 18. The number of benzene rings is 1. The minimum Gasteiger partial charge on any atom is -0.492 e. The van der Waals surface area contributed by atoms with Crippen molar-refractivity contribution in [2.75, 3.05) is 13.2 Å². The maximum absolute atomic E-state index is 6.40. The zero-order valence-corrected chi connectivity index (χ0v) is 32.3. The normalized spacial score (nSPS) is 11.6. The topological polar surface area (TPSA) is 44.2 Å². The van der Waals surface area contributed by atoms with Crippen LogP contribution >= 0.6 is 34.4 Å². The number of rotatable bonds is 26. The fourth-order valence-electron chi connectivity index (χ4n) is 6.35. The first kappa shape index (κ1) is 37.9. The predicted molar refractivity (Wildman–Crippen MR) is 208 cm³/mol. The predicted octanol–water partition coefficient (Wildman–Crippen LogP) is 14.4. The van der Waals surface area contributed by atoms with Gasteiger partial charge in [0.05, 0.1) is 34.7 Å². The molecule has 3 aromatic heterocycles. The quantitative estimate of drug-likeness (QED) is 0.0613. The zero-order valence-electron chi connectivity index (χ0n) is 29.8. The standard InChI is InChI=1S/C40H60N2O2S3/c1-5-7-9-11-13-15-17-19-21-23-27-43-35-29-31(3)45-39(35)33-25-26-34(38-37(33)41-47-42-38)40-36(30-32(4)46-40)44-28-24-22-20-18-16-14-12-10-8-6-2/h25-26,29-30H,5-24,27-28H2,1-4H3. The van der Waals surface area contributed by atoms with Gasteiger partial charge in [-0.1, -0.05) is 142 Å². The van der Waals surface area contributed by atoms with Gasteiger partial charge in [0, 0.05) is 20.9 Å². The zero-order chi connectivity index (χ0) is 33.1. The molecule has 7 heteroatoms. The van der Waals surface area contributed by atoms with Crippen LogP contribution in [0.5, 0.6) is 11.5 Å².